The molecule has 0 unspecified atom stereocenters. The molecule has 4 rings (SSSR count). The third-order valence-corrected chi connectivity index (χ3v) is 6.02. The van der Waals surface area contributed by atoms with E-state index in [-0.39, 0.29) is 12.5 Å². The van der Waals surface area contributed by atoms with Crippen LogP contribution in [-0.4, -0.2) is 30.6 Å². The number of aromatic nitrogens is 1. The molecule has 3 aromatic carbocycles. The van der Waals surface area contributed by atoms with Crippen molar-refractivity contribution in [2.24, 2.45) is 4.99 Å². The van der Waals surface area contributed by atoms with E-state index in [0.29, 0.717) is 12.0 Å². The first-order chi connectivity index (χ1) is 16.1. The fourth-order valence-electron chi connectivity index (χ4n) is 3.78. The van der Waals surface area contributed by atoms with Gasteiger partial charge in [0.05, 0.1) is 16.6 Å². The van der Waals surface area contributed by atoms with Crippen LogP contribution in [0.3, 0.4) is 0 Å². The molecule has 6 heteroatoms. The molecule has 0 radical (unpaired) electrons. The predicted molar refractivity (Wildman–Crippen MR) is 138 cm³/mol. The normalized spacial score (nSPS) is 11.9. The predicted octanol–water partition coefficient (Wildman–Crippen LogP) is 5.98. The molecule has 0 aliphatic carbocycles. The number of nitrogens with zero attached hydrogens (tertiary/aromatic N) is 1. The summed E-state index contributed by atoms with van der Waals surface area (Å²) < 4.78 is 6.49. The first kappa shape index (κ1) is 23.2. The van der Waals surface area contributed by atoms with Crippen molar-refractivity contribution in [3.8, 4) is 0 Å². The van der Waals surface area contributed by atoms with Crippen molar-refractivity contribution in [2.75, 3.05) is 25.1 Å². The number of benzene rings is 2. The van der Waals surface area contributed by atoms with Crippen LogP contribution in [0.1, 0.15) is 25.3 Å². The van der Waals surface area contributed by atoms with Crippen molar-refractivity contribution in [3.05, 3.63) is 82.1 Å². The van der Waals surface area contributed by atoms with Crippen molar-refractivity contribution < 1.29 is 9.53 Å². The molecule has 0 saturated heterocycles. The van der Waals surface area contributed by atoms with Crippen LogP contribution in [0.2, 0.25) is 0 Å². The van der Waals surface area contributed by atoms with Crippen molar-refractivity contribution >= 4 is 49.3 Å². The quantitative estimate of drug-likeness (QED) is 0.275. The Labute approximate surface area is 202 Å². The van der Waals surface area contributed by atoms with E-state index in [1.807, 2.05) is 18.2 Å². The fraction of sp³-hybridized carbons (Fsp3) is 0.259. The Morgan fingerprint density at radius 2 is 1.85 bits per heavy atom. The number of carbonyl (C=O) groups excluding carboxylic acids is 1. The highest BCUT2D eigenvalue weighted by molar-refractivity contribution is 9.10. The van der Waals surface area contributed by atoms with Gasteiger partial charge in [-0.1, -0.05) is 65.7 Å². The number of nitrogens with one attached hydrogen (secondary N) is 2. The maximum absolute atomic E-state index is 12.2. The molecular formula is C27H28BrN3O2. The monoisotopic (exact) mass is 505 g/mol. The highest BCUT2D eigenvalue weighted by atomic mass is 79.9. The second-order valence-electron chi connectivity index (χ2n) is 7.99. The molecule has 0 bridgehead atoms. The molecule has 1 heterocycles. The number of rotatable bonds is 9. The smallest absolute Gasteiger partial charge is 0.272 e. The standard InChI is InChI=1S/C27H28BrN3O2/c1-2-3-16-33-18-26(32)30-21-6-4-7-22-23-8-5-9-24(27(23)31-25(22)17-21)29-15-14-19-10-12-20(28)13-11-19/h4-13,17,29,31H,2-3,14-16,18H2,1H3. The highest BCUT2D eigenvalue weighted by Gasteiger charge is 2.08. The van der Waals surface area contributed by atoms with Crippen molar-refractivity contribution in [2.45, 2.75) is 26.2 Å². The number of carbonyl (C=O) groups is 1. The van der Waals surface area contributed by atoms with E-state index in [0.717, 1.165) is 57.8 Å². The van der Waals surface area contributed by atoms with Crippen LogP contribution in [0.15, 0.2) is 76.2 Å². The van der Waals surface area contributed by atoms with Gasteiger partial charge in [0.15, 0.2) is 0 Å². The number of hydrogen-bond donors (Lipinski definition) is 2. The van der Waals surface area contributed by atoms with Crippen LogP contribution in [0.5, 0.6) is 0 Å². The first-order valence-electron chi connectivity index (χ1n) is 11.3. The average molecular weight is 506 g/mol. The summed E-state index contributed by atoms with van der Waals surface area (Å²) in [4.78, 5) is 19.9. The van der Waals surface area contributed by atoms with Gasteiger partial charge in [-0.15, -0.1) is 0 Å². The largest absolute Gasteiger partial charge is 0.383 e. The lowest BCUT2D eigenvalue weighted by Crippen LogP contribution is -2.11. The number of halogens is 1. The zero-order valence-corrected chi connectivity index (χ0v) is 20.3. The number of unbranched alkanes of at least 4 members (excludes halogenated alkanes) is 1. The van der Waals surface area contributed by atoms with Gasteiger partial charge in [0.1, 0.15) is 6.61 Å². The molecule has 33 heavy (non-hydrogen) atoms. The van der Waals surface area contributed by atoms with Gasteiger partial charge in [-0.25, -0.2) is 4.99 Å². The molecule has 0 fully saturated rings. The molecule has 2 N–H and O–H groups in total. The third-order valence-electron chi connectivity index (χ3n) is 5.49. The Morgan fingerprint density at radius 3 is 2.67 bits per heavy atom. The molecule has 0 saturated carbocycles. The lowest BCUT2D eigenvalue weighted by molar-refractivity contribution is -0.122. The zero-order valence-electron chi connectivity index (χ0n) is 18.7. The third kappa shape index (κ3) is 6.09. The van der Waals surface area contributed by atoms with Crippen molar-refractivity contribution in [1.82, 2.24) is 4.98 Å². The van der Waals surface area contributed by atoms with E-state index in [1.165, 1.54) is 5.56 Å². The summed E-state index contributed by atoms with van der Waals surface area (Å²) in [6.45, 7) is 3.52. The van der Waals surface area contributed by atoms with Gasteiger partial charge in [0.25, 0.3) is 5.91 Å². The Balaban J connectivity index is 1.55. The number of aromatic amines is 1. The summed E-state index contributed by atoms with van der Waals surface area (Å²) in [5.41, 5.74) is 4.34. The number of hydrogen-bond acceptors (Lipinski definition) is 3. The van der Waals surface area contributed by atoms with Gasteiger partial charge in [-0.3, -0.25) is 4.79 Å². The lowest BCUT2D eigenvalue weighted by Gasteiger charge is -2.08. The van der Waals surface area contributed by atoms with E-state index in [4.69, 9.17) is 4.74 Å². The number of para-hydroxylation sites is 1. The molecular weight excluding hydrogens is 478 g/mol. The number of anilines is 1. The van der Waals surface area contributed by atoms with E-state index in [1.54, 1.807) is 0 Å². The second kappa shape index (κ2) is 11.3. The van der Waals surface area contributed by atoms with Gasteiger partial charge in [0, 0.05) is 33.9 Å². The lowest BCUT2D eigenvalue weighted by atomic mass is 10.1. The zero-order chi connectivity index (χ0) is 23.0. The minimum Gasteiger partial charge on any atom is -0.383 e. The SMILES string of the molecule is CCCCOCC(=O)N=c1cccc2c(c1)[nH]c1c(NCCc3ccc(Br)cc3)cccc12. The van der Waals surface area contributed by atoms with Crippen LogP contribution in [0.4, 0.5) is 5.69 Å². The van der Waals surface area contributed by atoms with Crippen LogP contribution in [0.25, 0.3) is 21.8 Å². The minimum atomic E-state index is -0.267. The van der Waals surface area contributed by atoms with Crippen LogP contribution >= 0.6 is 15.9 Å². The Hall–Kier alpha value is -2.96. The summed E-state index contributed by atoms with van der Waals surface area (Å²) in [7, 11) is 0. The van der Waals surface area contributed by atoms with E-state index < -0.39 is 0 Å². The molecule has 170 valence electrons. The second-order valence-corrected chi connectivity index (χ2v) is 8.91. The van der Waals surface area contributed by atoms with Gasteiger partial charge >= 0.3 is 0 Å². The molecule has 0 spiro atoms. The summed E-state index contributed by atoms with van der Waals surface area (Å²) in [5.74, 6) is -0.267. The van der Waals surface area contributed by atoms with E-state index in [2.05, 4.69) is 86.7 Å². The summed E-state index contributed by atoms with van der Waals surface area (Å²) in [6, 6.07) is 22.4. The summed E-state index contributed by atoms with van der Waals surface area (Å²) >= 11 is 3.48. The Morgan fingerprint density at radius 1 is 1.06 bits per heavy atom. The van der Waals surface area contributed by atoms with E-state index >= 15 is 0 Å². The Bertz CT molecular complexity index is 1310. The molecule has 1 amide bonds. The summed E-state index contributed by atoms with van der Waals surface area (Å²) in [5, 5.41) is 6.41. The molecule has 4 aromatic rings. The maximum Gasteiger partial charge on any atom is 0.272 e. The van der Waals surface area contributed by atoms with Crippen LogP contribution in [-0.2, 0) is 16.0 Å². The van der Waals surface area contributed by atoms with E-state index in [9.17, 15) is 4.79 Å². The molecule has 0 aliphatic heterocycles. The number of H-pyrrole nitrogens is 1. The first-order valence-corrected chi connectivity index (χ1v) is 12.1. The molecule has 0 aliphatic rings. The molecule has 5 nitrogen and oxygen atoms in total. The Kier molecular flexibility index (Phi) is 7.92. The number of ether oxygens (including phenoxy) is 1. The average Bonchev–Trinajstić information content (AvgIpc) is 3.03. The van der Waals surface area contributed by atoms with Crippen LogP contribution in [0, 0.1) is 0 Å². The highest BCUT2D eigenvalue weighted by Crippen LogP contribution is 2.29. The minimum absolute atomic E-state index is 0.0148. The van der Waals surface area contributed by atoms with Crippen molar-refractivity contribution in [1.29, 1.82) is 0 Å². The topological polar surface area (TPSA) is 66.5 Å². The van der Waals surface area contributed by atoms with Gasteiger partial charge in [-0.05, 0) is 48.7 Å². The van der Waals surface area contributed by atoms with Gasteiger partial charge in [0.2, 0.25) is 0 Å². The van der Waals surface area contributed by atoms with Gasteiger partial charge in [-0.2, -0.15) is 0 Å². The molecule has 1 aromatic heterocycles. The molecule has 0 atom stereocenters. The maximum atomic E-state index is 12.2. The summed E-state index contributed by atoms with van der Waals surface area (Å²) in [6.07, 6.45) is 2.92. The number of amides is 1. The van der Waals surface area contributed by atoms with Crippen LogP contribution < -0.4 is 10.7 Å². The number of fused-ring (bicyclic) bond motifs is 3. The van der Waals surface area contributed by atoms with Gasteiger partial charge < -0.3 is 15.0 Å². The van der Waals surface area contributed by atoms with Crippen molar-refractivity contribution in [3.63, 3.8) is 0 Å². The fourth-order valence-corrected chi connectivity index (χ4v) is 4.05.